The van der Waals surface area contributed by atoms with Crippen molar-refractivity contribution in [1.82, 2.24) is 9.80 Å². The van der Waals surface area contributed by atoms with Crippen LogP contribution in [0, 0.1) is 5.92 Å². The first-order valence-electron chi connectivity index (χ1n) is 9.15. The molecule has 142 valence electrons. The summed E-state index contributed by atoms with van der Waals surface area (Å²) in [6.07, 6.45) is 0.242. The molecule has 1 aromatic carbocycles. The number of carbonyl (C=O) groups excluding carboxylic acids is 2. The van der Waals surface area contributed by atoms with E-state index in [1.165, 1.54) is 0 Å². The first-order valence-corrected chi connectivity index (χ1v) is 9.15. The van der Waals surface area contributed by atoms with Gasteiger partial charge in [0, 0.05) is 25.6 Å². The van der Waals surface area contributed by atoms with E-state index in [2.05, 4.69) is 0 Å². The number of rotatable bonds is 2. The highest BCUT2D eigenvalue weighted by atomic mass is 16.6. The summed E-state index contributed by atoms with van der Waals surface area (Å²) in [4.78, 5) is 28.5. The zero-order chi connectivity index (χ0) is 18.9. The van der Waals surface area contributed by atoms with Gasteiger partial charge in [-0.25, -0.2) is 9.59 Å². The summed E-state index contributed by atoms with van der Waals surface area (Å²) in [6, 6.07) is 9.64. The van der Waals surface area contributed by atoms with Crippen LogP contribution in [0.25, 0.3) is 0 Å². The molecule has 0 N–H and O–H groups in total. The van der Waals surface area contributed by atoms with Crippen molar-refractivity contribution >= 4 is 12.2 Å². The van der Waals surface area contributed by atoms with Crippen molar-refractivity contribution in [3.63, 3.8) is 0 Å². The smallest absolute Gasteiger partial charge is 0.410 e. The molecule has 1 aromatic rings. The molecule has 3 rings (SSSR count). The van der Waals surface area contributed by atoms with Gasteiger partial charge in [-0.2, -0.15) is 0 Å². The Hall–Kier alpha value is -2.24. The molecule has 6 nitrogen and oxygen atoms in total. The Morgan fingerprint density at radius 1 is 1.19 bits per heavy atom. The maximum Gasteiger partial charge on any atom is 0.410 e. The fraction of sp³-hybridized carbons (Fsp3) is 0.600. The fourth-order valence-corrected chi connectivity index (χ4v) is 3.85. The van der Waals surface area contributed by atoms with Crippen LogP contribution in [0.3, 0.4) is 0 Å². The van der Waals surface area contributed by atoms with E-state index < -0.39 is 11.1 Å². The van der Waals surface area contributed by atoms with E-state index in [1.54, 1.807) is 9.80 Å². The summed E-state index contributed by atoms with van der Waals surface area (Å²) in [6.45, 7) is 9.63. The largest absolute Gasteiger partial charge is 0.445 e. The predicted octanol–water partition coefficient (Wildman–Crippen LogP) is 3.65. The Morgan fingerprint density at radius 3 is 2.54 bits per heavy atom. The van der Waals surface area contributed by atoms with E-state index in [1.807, 2.05) is 58.0 Å². The number of hydrogen-bond acceptors (Lipinski definition) is 4. The molecule has 0 bridgehead atoms. The Bertz CT molecular complexity index is 670. The Balaban J connectivity index is 1.62. The molecule has 2 heterocycles. The summed E-state index contributed by atoms with van der Waals surface area (Å²) >= 11 is 0. The lowest BCUT2D eigenvalue weighted by Gasteiger charge is -2.34. The minimum Gasteiger partial charge on any atom is -0.445 e. The Kier molecular flexibility index (Phi) is 4.86. The topological polar surface area (TPSA) is 59.1 Å². The highest BCUT2D eigenvalue weighted by molar-refractivity contribution is 5.72. The van der Waals surface area contributed by atoms with Gasteiger partial charge in [-0.3, -0.25) is 0 Å². The van der Waals surface area contributed by atoms with Crippen LogP contribution in [0.2, 0.25) is 0 Å². The number of fused-ring (bicyclic) bond motifs is 1. The zero-order valence-electron chi connectivity index (χ0n) is 16.0. The highest BCUT2D eigenvalue weighted by Gasteiger charge is 2.54. The predicted molar refractivity (Wildman–Crippen MR) is 97.7 cm³/mol. The normalized spacial score (nSPS) is 25.2. The van der Waals surface area contributed by atoms with Crippen molar-refractivity contribution in [3.05, 3.63) is 35.9 Å². The van der Waals surface area contributed by atoms with Crippen molar-refractivity contribution < 1.29 is 19.1 Å². The van der Waals surface area contributed by atoms with Gasteiger partial charge in [-0.15, -0.1) is 0 Å². The van der Waals surface area contributed by atoms with Gasteiger partial charge in [0.1, 0.15) is 12.2 Å². The van der Waals surface area contributed by atoms with Crippen molar-refractivity contribution in [3.8, 4) is 0 Å². The average Bonchev–Trinajstić information content (AvgIpc) is 3.05. The third-order valence-electron chi connectivity index (χ3n) is 5.23. The second kappa shape index (κ2) is 6.82. The number of ether oxygens (including phenoxy) is 2. The number of carbonyl (C=O) groups is 2. The molecule has 26 heavy (non-hydrogen) atoms. The highest BCUT2D eigenvalue weighted by Crippen LogP contribution is 2.41. The SMILES string of the molecule is CC(C)(C)OC(=O)N1CC2CCN(C(=O)OCc3ccccc3)C2(C)C1. The van der Waals surface area contributed by atoms with Crippen molar-refractivity contribution in [2.24, 2.45) is 5.92 Å². The molecular formula is C20H28N2O4. The lowest BCUT2D eigenvalue weighted by molar-refractivity contribution is 0.0236. The minimum absolute atomic E-state index is 0.249. The summed E-state index contributed by atoms with van der Waals surface area (Å²) in [5.41, 5.74) is 0.0397. The number of amides is 2. The van der Waals surface area contributed by atoms with E-state index >= 15 is 0 Å². The number of hydrogen-bond donors (Lipinski definition) is 0. The van der Waals surface area contributed by atoms with Gasteiger partial charge in [0.05, 0.1) is 5.54 Å². The first kappa shape index (κ1) is 18.5. The lowest BCUT2D eigenvalue weighted by Crippen LogP contribution is -2.50. The molecule has 2 unspecified atom stereocenters. The second-order valence-electron chi connectivity index (χ2n) is 8.40. The maximum absolute atomic E-state index is 12.6. The van der Waals surface area contributed by atoms with Gasteiger partial charge < -0.3 is 19.3 Å². The number of nitrogens with zero attached hydrogens (tertiary/aromatic N) is 2. The van der Waals surface area contributed by atoms with Crippen molar-refractivity contribution in [2.75, 3.05) is 19.6 Å². The van der Waals surface area contributed by atoms with Gasteiger partial charge >= 0.3 is 12.2 Å². The summed E-state index contributed by atoms with van der Waals surface area (Å²) in [5, 5.41) is 0. The van der Waals surface area contributed by atoms with Crippen LogP contribution in [0.1, 0.15) is 39.7 Å². The van der Waals surface area contributed by atoms with E-state index in [0.29, 0.717) is 19.6 Å². The molecule has 0 spiro atoms. The van der Waals surface area contributed by atoms with E-state index in [-0.39, 0.29) is 24.7 Å². The van der Waals surface area contributed by atoms with Gasteiger partial charge in [0.2, 0.25) is 0 Å². The molecule has 6 heteroatoms. The summed E-state index contributed by atoms with van der Waals surface area (Å²) in [7, 11) is 0. The first-order chi connectivity index (χ1) is 12.2. The van der Waals surface area contributed by atoms with Gasteiger partial charge in [-0.1, -0.05) is 30.3 Å². The molecule has 0 saturated carbocycles. The monoisotopic (exact) mass is 360 g/mol. The molecule has 2 amide bonds. The minimum atomic E-state index is -0.524. The Labute approximate surface area is 155 Å². The molecule has 2 saturated heterocycles. The zero-order valence-corrected chi connectivity index (χ0v) is 16.0. The fourth-order valence-electron chi connectivity index (χ4n) is 3.85. The second-order valence-corrected chi connectivity index (χ2v) is 8.40. The van der Waals surface area contributed by atoms with Crippen LogP contribution in [-0.4, -0.2) is 52.8 Å². The standard InChI is InChI=1S/C20H28N2O4/c1-19(2,3)26-17(23)21-12-16-10-11-22(20(16,4)14-21)18(24)25-13-15-8-6-5-7-9-15/h5-9,16H,10-14H2,1-4H3. The molecule has 0 aliphatic carbocycles. The van der Waals surface area contributed by atoms with Crippen LogP contribution in [-0.2, 0) is 16.1 Å². The molecule has 2 aliphatic rings. The van der Waals surface area contributed by atoms with Crippen molar-refractivity contribution in [2.45, 2.75) is 51.9 Å². The van der Waals surface area contributed by atoms with Crippen LogP contribution < -0.4 is 0 Å². The van der Waals surface area contributed by atoms with E-state index in [4.69, 9.17) is 9.47 Å². The summed E-state index contributed by atoms with van der Waals surface area (Å²) in [5.74, 6) is 0.249. The van der Waals surface area contributed by atoms with E-state index in [9.17, 15) is 9.59 Å². The van der Waals surface area contributed by atoms with E-state index in [0.717, 1.165) is 12.0 Å². The van der Waals surface area contributed by atoms with Crippen LogP contribution in [0.15, 0.2) is 30.3 Å². The Morgan fingerprint density at radius 2 is 1.88 bits per heavy atom. The molecule has 2 fully saturated rings. The third kappa shape index (κ3) is 3.79. The lowest BCUT2D eigenvalue weighted by atomic mass is 9.90. The summed E-state index contributed by atoms with van der Waals surface area (Å²) < 4.78 is 11.0. The van der Waals surface area contributed by atoms with Crippen LogP contribution in [0.5, 0.6) is 0 Å². The van der Waals surface area contributed by atoms with Crippen LogP contribution >= 0.6 is 0 Å². The third-order valence-corrected chi connectivity index (χ3v) is 5.23. The quantitative estimate of drug-likeness (QED) is 0.808. The van der Waals surface area contributed by atoms with Crippen molar-refractivity contribution in [1.29, 1.82) is 0 Å². The molecule has 2 atom stereocenters. The maximum atomic E-state index is 12.6. The molecule has 0 radical (unpaired) electrons. The number of likely N-dealkylation sites (tertiary alicyclic amines) is 2. The van der Waals surface area contributed by atoms with Gasteiger partial charge in [-0.05, 0) is 39.7 Å². The average molecular weight is 360 g/mol. The molecule has 0 aromatic heterocycles. The van der Waals surface area contributed by atoms with Crippen LogP contribution in [0.4, 0.5) is 9.59 Å². The van der Waals surface area contributed by atoms with Gasteiger partial charge in [0.25, 0.3) is 0 Å². The molecular weight excluding hydrogens is 332 g/mol. The van der Waals surface area contributed by atoms with Gasteiger partial charge in [0.15, 0.2) is 0 Å². The number of benzene rings is 1. The molecule has 2 aliphatic heterocycles.